The van der Waals surface area contributed by atoms with Crippen LogP contribution in [0.3, 0.4) is 0 Å². The third-order valence-electron chi connectivity index (χ3n) is 3.18. The Morgan fingerprint density at radius 2 is 1.89 bits per heavy atom. The van der Waals surface area contributed by atoms with E-state index in [4.69, 9.17) is 0 Å². The van der Waals surface area contributed by atoms with Gasteiger partial charge in [0.05, 0.1) is 11.5 Å². The van der Waals surface area contributed by atoms with E-state index in [1.54, 1.807) is 0 Å². The predicted octanol–water partition coefficient (Wildman–Crippen LogP) is -0.661. The van der Waals surface area contributed by atoms with E-state index < -0.39 is 19.9 Å². The topological polar surface area (TPSA) is 92.3 Å². The molecule has 1 aliphatic heterocycles. The average molecular weight is 298 g/mol. The van der Waals surface area contributed by atoms with Crippen LogP contribution in [0.15, 0.2) is 0 Å². The van der Waals surface area contributed by atoms with E-state index in [1.807, 2.05) is 0 Å². The van der Waals surface area contributed by atoms with Crippen LogP contribution < -0.4 is 10.0 Å². The largest absolute Gasteiger partial charge is 0.312 e. The first kappa shape index (κ1) is 15.9. The zero-order chi connectivity index (χ0) is 13.8. The summed E-state index contributed by atoms with van der Waals surface area (Å²) in [7, 11) is -6.75. The number of hydrogen-bond acceptors (Lipinski definition) is 5. The second-order valence-corrected chi connectivity index (χ2v) is 9.16. The van der Waals surface area contributed by atoms with Crippen LogP contribution in [0.5, 0.6) is 0 Å². The van der Waals surface area contributed by atoms with Crippen molar-refractivity contribution in [2.45, 2.75) is 25.8 Å². The predicted molar refractivity (Wildman–Crippen MR) is 71.7 cm³/mol. The molecule has 1 saturated heterocycles. The second kappa shape index (κ2) is 6.31. The third kappa shape index (κ3) is 6.12. The highest BCUT2D eigenvalue weighted by molar-refractivity contribution is 7.93. The van der Waals surface area contributed by atoms with Crippen LogP contribution >= 0.6 is 0 Å². The molecule has 6 nitrogen and oxygen atoms in total. The van der Waals surface area contributed by atoms with Crippen LogP contribution in [-0.4, -0.2) is 53.7 Å². The standard InChI is InChI=1S/C10H22N2O4S2/c1-9-4-3-5-11-10(9)8-12-18(15,16)7-6-17(2,13)14/h9-12H,3-8H2,1-2H3. The summed E-state index contributed by atoms with van der Waals surface area (Å²) in [5, 5.41) is 3.27. The van der Waals surface area contributed by atoms with Crippen molar-refractivity contribution in [1.29, 1.82) is 0 Å². The summed E-state index contributed by atoms with van der Waals surface area (Å²) in [6.45, 7) is 3.31. The number of rotatable bonds is 6. The molecule has 108 valence electrons. The second-order valence-electron chi connectivity index (χ2n) is 4.98. The van der Waals surface area contributed by atoms with Crippen molar-refractivity contribution in [2.24, 2.45) is 5.92 Å². The smallest absolute Gasteiger partial charge is 0.212 e. The van der Waals surface area contributed by atoms with Crippen molar-refractivity contribution >= 4 is 19.9 Å². The molecule has 2 atom stereocenters. The third-order valence-corrected chi connectivity index (χ3v) is 5.73. The van der Waals surface area contributed by atoms with Crippen molar-refractivity contribution < 1.29 is 16.8 Å². The zero-order valence-corrected chi connectivity index (χ0v) is 12.5. The van der Waals surface area contributed by atoms with Crippen LogP contribution in [0.25, 0.3) is 0 Å². The highest BCUT2D eigenvalue weighted by Crippen LogP contribution is 2.14. The quantitative estimate of drug-likeness (QED) is 0.679. The van der Waals surface area contributed by atoms with Gasteiger partial charge in [-0.2, -0.15) is 0 Å². The molecule has 18 heavy (non-hydrogen) atoms. The van der Waals surface area contributed by atoms with Gasteiger partial charge in [0.1, 0.15) is 9.84 Å². The molecule has 0 spiro atoms. The zero-order valence-electron chi connectivity index (χ0n) is 10.8. The summed E-state index contributed by atoms with van der Waals surface area (Å²) in [5.74, 6) is -0.278. The van der Waals surface area contributed by atoms with Gasteiger partial charge in [-0.1, -0.05) is 6.92 Å². The molecule has 1 aliphatic rings. The molecule has 0 bridgehead atoms. The minimum absolute atomic E-state index is 0.131. The molecule has 1 heterocycles. The maximum atomic E-state index is 11.6. The van der Waals surface area contributed by atoms with Gasteiger partial charge in [-0.3, -0.25) is 0 Å². The van der Waals surface area contributed by atoms with Gasteiger partial charge in [0.15, 0.2) is 0 Å². The van der Waals surface area contributed by atoms with Crippen LogP contribution in [0.4, 0.5) is 0 Å². The Bertz CT molecular complexity index is 458. The van der Waals surface area contributed by atoms with E-state index in [1.165, 1.54) is 0 Å². The van der Waals surface area contributed by atoms with Crippen LogP contribution in [-0.2, 0) is 19.9 Å². The van der Waals surface area contributed by atoms with E-state index in [-0.39, 0.29) is 17.5 Å². The number of nitrogens with one attached hydrogen (secondary N) is 2. The molecule has 2 N–H and O–H groups in total. The Hall–Kier alpha value is -0.180. The minimum Gasteiger partial charge on any atom is -0.312 e. The van der Waals surface area contributed by atoms with E-state index in [9.17, 15) is 16.8 Å². The molecule has 1 fully saturated rings. The van der Waals surface area contributed by atoms with Crippen molar-refractivity contribution in [3.63, 3.8) is 0 Å². The average Bonchev–Trinajstić information content (AvgIpc) is 2.25. The number of piperidine rings is 1. The fourth-order valence-electron chi connectivity index (χ4n) is 1.94. The first-order valence-electron chi connectivity index (χ1n) is 6.08. The van der Waals surface area contributed by atoms with Gasteiger partial charge in [0.25, 0.3) is 0 Å². The minimum atomic E-state index is -3.51. The first-order valence-corrected chi connectivity index (χ1v) is 9.79. The fourth-order valence-corrected chi connectivity index (χ4v) is 4.60. The van der Waals surface area contributed by atoms with Crippen molar-refractivity contribution in [3.05, 3.63) is 0 Å². The summed E-state index contributed by atoms with van der Waals surface area (Å²) < 4.78 is 47.6. The van der Waals surface area contributed by atoms with Gasteiger partial charge < -0.3 is 5.32 Å². The normalized spacial score (nSPS) is 26.1. The van der Waals surface area contributed by atoms with Gasteiger partial charge in [0, 0.05) is 18.8 Å². The van der Waals surface area contributed by atoms with Crippen LogP contribution in [0, 0.1) is 5.92 Å². The highest BCUT2D eigenvalue weighted by Gasteiger charge is 2.23. The maximum absolute atomic E-state index is 11.6. The molecule has 0 aliphatic carbocycles. The van der Waals surface area contributed by atoms with E-state index in [0.717, 1.165) is 25.6 Å². The van der Waals surface area contributed by atoms with Crippen LogP contribution in [0.1, 0.15) is 19.8 Å². The molecule has 0 aromatic heterocycles. The summed E-state index contributed by atoms with van der Waals surface area (Å²) in [6, 6.07) is 0.131. The maximum Gasteiger partial charge on any atom is 0.212 e. The van der Waals surface area contributed by atoms with Crippen molar-refractivity contribution in [3.8, 4) is 0 Å². The molecular weight excluding hydrogens is 276 g/mol. The monoisotopic (exact) mass is 298 g/mol. The Morgan fingerprint density at radius 3 is 2.44 bits per heavy atom. The molecule has 1 rings (SSSR count). The lowest BCUT2D eigenvalue weighted by atomic mass is 9.93. The number of sulfonamides is 1. The lowest BCUT2D eigenvalue weighted by molar-refractivity contribution is 0.300. The van der Waals surface area contributed by atoms with Gasteiger partial charge in [-0.05, 0) is 25.3 Å². The van der Waals surface area contributed by atoms with Gasteiger partial charge in [-0.15, -0.1) is 0 Å². The van der Waals surface area contributed by atoms with Gasteiger partial charge in [-0.25, -0.2) is 21.6 Å². The van der Waals surface area contributed by atoms with E-state index in [0.29, 0.717) is 12.5 Å². The molecule has 2 unspecified atom stereocenters. The fraction of sp³-hybridized carbons (Fsp3) is 1.00. The summed E-state index contributed by atoms with van der Waals surface area (Å²) >= 11 is 0. The number of hydrogen-bond donors (Lipinski definition) is 2. The molecular formula is C10H22N2O4S2. The Balaban J connectivity index is 2.41. The number of sulfone groups is 1. The van der Waals surface area contributed by atoms with Crippen LogP contribution in [0.2, 0.25) is 0 Å². The Labute approximate surface area is 110 Å². The first-order chi connectivity index (χ1) is 8.20. The van der Waals surface area contributed by atoms with Gasteiger partial charge >= 0.3 is 0 Å². The molecule has 0 amide bonds. The molecule has 0 aromatic carbocycles. The molecule has 0 saturated carbocycles. The Morgan fingerprint density at radius 1 is 1.22 bits per heavy atom. The SMILES string of the molecule is CC1CCCNC1CNS(=O)(=O)CCS(C)(=O)=O. The van der Waals surface area contributed by atoms with Crippen molar-refractivity contribution in [1.82, 2.24) is 10.0 Å². The summed E-state index contributed by atoms with van der Waals surface area (Å²) in [6.07, 6.45) is 3.23. The van der Waals surface area contributed by atoms with E-state index >= 15 is 0 Å². The highest BCUT2D eigenvalue weighted by atomic mass is 32.2. The lowest BCUT2D eigenvalue weighted by Gasteiger charge is -2.30. The van der Waals surface area contributed by atoms with Gasteiger partial charge in [0.2, 0.25) is 10.0 Å². The molecule has 8 heteroatoms. The summed E-state index contributed by atoms with van der Waals surface area (Å²) in [5.41, 5.74) is 0. The lowest BCUT2D eigenvalue weighted by Crippen LogP contribution is -2.48. The van der Waals surface area contributed by atoms with E-state index in [2.05, 4.69) is 17.0 Å². The Kier molecular flexibility index (Phi) is 5.57. The molecule has 0 radical (unpaired) electrons. The summed E-state index contributed by atoms with van der Waals surface area (Å²) in [4.78, 5) is 0. The molecule has 0 aromatic rings. The van der Waals surface area contributed by atoms with Crippen molar-refractivity contribution in [2.75, 3.05) is 30.9 Å².